The standard InChI is InChI=1S/C16H19N3O3/c1-5-7-19(8-6-2)16-17-12-10-14(22-4)13(21-3)9-11(12)15(20)18-16/h5-6,9-10H,1-2,7-8H2,3-4H3,(H,17,18,20). The summed E-state index contributed by atoms with van der Waals surface area (Å²) in [5, 5.41) is 0.443. The van der Waals surface area contributed by atoms with Crippen molar-refractivity contribution in [1.82, 2.24) is 9.97 Å². The molecule has 2 rings (SSSR count). The summed E-state index contributed by atoms with van der Waals surface area (Å²) in [5.41, 5.74) is 0.300. The molecule has 0 aliphatic rings. The molecule has 6 heteroatoms. The Morgan fingerprint density at radius 1 is 1.18 bits per heavy atom. The third-order valence-electron chi connectivity index (χ3n) is 3.20. The van der Waals surface area contributed by atoms with Crippen molar-refractivity contribution in [3.05, 3.63) is 47.8 Å². The van der Waals surface area contributed by atoms with Gasteiger partial charge in [0.2, 0.25) is 5.95 Å². The fourth-order valence-electron chi connectivity index (χ4n) is 2.16. The fraction of sp³-hybridized carbons (Fsp3) is 0.250. The van der Waals surface area contributed by atoms with Crippen LogP contribution in [0.5, 0.6) is 11.5 Å². The van der Waals surface area contributed by atoms with Crippen LogP contribution in [-0.4, -0.2) is 37.3 Å². The topological polar surface area (TPSA) is 67.5 Å². The Kier molecular flexibility index (Phi) is 4.83. The number of nitrogens with zero attached hydrogens (tertiary/aromatic N) is 2. The van der Waals surface area contributed by atoms with Gasteiger partial charge in [-0.25, -0.2) is 4.98 Å². The van der Waals surface area contributed by atoms with Gasteiger partial charge in [-0.2, -0.15) is 0 Å². The lowest BCUT2D eigenvalue weighted by Crippen LogP contribution is -2.27. The summed E-state index contributed by atoms with van der Waals surface area (Å²) >= 11 is 0. The third kappa shape index (κ3) is 2.95. The minimum Gasteiger partial charge on any atom is -0.493 e. The maximum atomic E-state index is 12.3. The van der Waals surface area contributed by atoms with Crippen LogP contribution in [0.4, 0.5) is 5.95 Å². The maximum Gasteiger partial charge on any atom is 0.260 e. The summed E-state index contributed by atoms with van der Waals surface area (Å²) < 4.78 is 10.5. The molecule has 116 valence electrons. The van der Waals surface area contributed by atoms with Crippen LogP contribution in [0.1, 0.15) is 0 Å². The van der Waals surface area contributed by atoms with Crippen molar-refractivity contribution in [1.29, 1.82) is 0 Å². The van der Waals surface area contributed by atoms with E-state index in [1.54, 1.807) is 31.4 Å². The molecule has 0 fully saturated rings. The maximum absolute atomic E-state index is 12.3. The Bertz CT molecular complexity index is 742. The molecule has 0 unspecified atom stereocenters. The van der Waals surface area contributed by atoms with E-state index in [1.165, 1.54) is 7.11 Å². The van der Waals surface area contributed by atoms with Crippen LogP contribution in [0.25, 0.3) is 10.9 Å². The van der Waals surface area contributed by atoms with Crippen LogP contribution in [0.15, 0.2) is 42.2 Å². The molecule has 1 heterocycles. The summed E-state index contributed by atoms with van der Waals surface area (Å²) in [6.07, 6.45) is 3.48. The predicted octanol–water partition coefficient (Wildman–Crippen LogP) is 2.12. The van der Waals surface area contributed by atoms with E-state index in [2.05, 4.69) is 23.1 Å². The summed E-state index contributed by atoms with van der Waals surface area (Å²) in [6, 6.07) is 3.31. The van der Waals surface area contributed by atoms with Gasteiger partial charge in [0.15, 0.2) is 11.5 Å². The lowest BCUT2D eigenvalue weighted by molar-refractivity contribution is 0.355. The summed E-state index contributed by atoms with van der Waals surface area (Å²) in [6.45, 7) is 8.52. The molecule has 1 aromatic carbocycles. The number of nitrogens with one attached hydrogen (secondary N) is 1. The van der Waals surface area contributed by atoms with Crippen LogP contribution in [-0.2, 0) is 0 Å². The van der Waals surface area contributed by atoms with Crippen LogP contribution in [0, 0.1) is 0 Å². The molecular formula is C16H19N3O3. The highest BCUT2D eigenvalue weighted by atomic mass is 16.5. The minimum absolute atomic E-state index is 0.237. The SMILES string of the molecule is C=CCN(CC=C)c1nc2cc(OC)c(OC)cc2c(=O)[nH]1. The average Bonchev–Trinajstić information content (AvgIpc) is 2.53. The van der Waals surface area contributed by atoms with Gasteiger partial charge in [0.05, 0.1) is 25.1 Å². The van der Waals surface area contributed by atoms with Gasteiger partial charge in [-0.05, 0) is 6.07 Å². The van der Waals surface area contributed by atoms with Crippen LogP contribution in [0.3, 0.4) is 0 Å². The predicted molar refractivity (Wildman–Crippen MR) is 88.1 cm³/mol. The molecule has 0 spiro atoms. The van der Waals surface area contributed by atoms with Crippen molar-refractivity contribution in [2.45, 2.75) is 0 Å². The highest BCUT2D eigenvalue weighted by Crippen LogP contribution is 2.30. The van der Waals surface area contributed by atoms with Gasteiger partial charge in [0.25, 0.3) is 5.56 Å². The molecule has 1 aromatic heterocycles. The second kappa shape index (κ2) is 6.80. The van der Waals surface area contributed by atoms with Crippen molar-refractivity contribution < 1.29 is 9.47 Å². The van der Waals surface area contributed by atoms with E-state index in [4.69, 9.17) is 9.47 Å². The number of methoxy groups -OCH3 is 2. The van der Waals surface area contributed by atoms with Crippen molar-refractivity contribution >= 4 is 16.9 Å². The number of aromatic nitrogens is 2. The third-order valence-corrected chi connectivity index (χ3v) is 3.20. The first-order chi connectivity index (χ1) is 10.6. The first-order valence-corrected chi connectivity index (χ1v) is 6.77. The molecule has 0 saturated carbocycles. The van der Waals surface area contributed by atoms with E-state index < -0.39 is 0 Å². The Morgan fingerprint density at radius 3 is 2.32 bits per heavy atom. The van der Waals surface area contributed by atoms with E-state index in [0.29, 0.717) is 41.4 Å². The Morgan fingerprint density at radius 2 is 1.77 bits per heavy atom. The second-order valence-electron chi connectivity index (χ2n) is 4.60. The van der Waals surface area contributed by atoms with Crippen LogP contribution in [0.2, 0.25) is 0 Å². The first-order valence-electron chi connectivity index (χ1n) is 6.77. The number of ether oxygens (including phenoxy) is 2. The van der Waals surface area contributed by atoms with Gasteiger partial charge in [-0.1, -0.05) is 12.2 Å². The van der Waals surface area contributed by atoms with Crippen LogP contribution >= 0.6 is 0 Å². The van der Waals surface area contributed by atoms with Gasteiger partial charge >= 0.3 is 0 Å². The molecule has 0 bridgehead atoms. The Hall–Kier alpha value is -2.76. The van der Waals surface area contributed by atoms with E-state index in [0.717, 1.165) is 0 Å². The van der Waals surface area contributed by atoms with Gasteiger partial charge in [0, 0.05) is 19.2 Å². The molecular weight excluding hydrogens is 282 g/mol. The molecule has 1 N–H and O–H groups in total. The molecule has 0 atom stereocenters. The van der Waals surface area contributed by atoms with E-state index >= 15 is 0 Å². The molecule has 2 aromatic rings. The van der Waals surface area contributed by atoms with Gasteiger partial charge in [-0.15, -0.1) is 13.2 Å². The number of aromatic amines is 1. The van der Waals surface area contributed by atoms with E-state index in [-0.39, 0.29) is 5.56 Å². The normalized spacial score (nSPS) is 10.3. The van der Waals surface area contributed by atoms with Crippen molar-refractivity contribution in [3.8, 4) is 11.5 Å². The molecule has 0 radical (unpaired) electrons. The minimum atomic E-state index is -0.237. The Balaban J connectivity index is 2.62. The lowest BCUT2D eigenvalue weighted by Gasteiger charge is -2.20. The monoisotopic (exact) mass is 301 g/mol. The number of fused-ring (bicyclic) bond motifs is 1. The summed E-state index contributed by atoms with van der Waals surface area (Å²) in [4.78, 5) is 21.4. The quantitative estimate of drug-likeness (QED) is 0.793. The number of rotatable bonds is 7. The van der Waals surface area contributed by atoms with Crippen molar-refractivity contribution in [3.63, 3.8) is 0 Å². The highest BCUT2D eigenvalue weighted by Gasteiger charge is 2.13. The number of hydrogen-bond acceptors (Lipinski definition) is 5. The summed E-state index contributed by atoms with van der Waals surface area (Å²) in [5.74, 6) is 1.48. The molecule has 0 aliphatic heterocycles. The number of H-pyrrole nitrogens is 1. The molecule has 0 aliphatic carbocycles. The second-order valence-corrected chi connectivity index (χ2v) is 4.60. The first kappa shape index (κ1) is 15.6. The molecule has 0 amide bonds. The van der Waals surface area contributed by atoms with E-state index in [1.807, 2.05) is 4.90 Å². The number of hydrogen-bond donors (Lipinski definition) is 1. The number of anilines is 1. The zero-order chi connectivity index (χ0) is 16.1. The number of benzene rings is 1. The molecule has 6 nitrogen and oxygen atoms in total. The van der Waals surface area contributed by atoms with Gasteiger partial charge < -0.3 is 14.4 Å². The van der Waals surface area contributed by atoms with Crippen molar-refractivity contribution in [2.24, 2.45) is 0 Å². The van der Waals surface area contributed by atoms with Crippen molar-refractivity contribution in [2.75, 3.05) is 32.2 Å². The Labute approximate surface area is 128 Å². The van der Waals surface area contributed by atoms with Gasteiger partial charge in [0.1, 0.15) is 0 Å². The van der Waals surface area contributed by atoms with Crippen LogP contribution < -0.4 is 19.9 Å². The fourth-order valence-corrected chi connectivity index (χ4v) is 2.16. The largest absolute Gasteiger partial charge is 0.493 e. The smallest absolute Gasteiger partial charge is 0.260 e. The van der Waals surface area contributed by atoms with E-state index in [9.17, 15) is 4.79 Å². The summed E-state index contributed by atoms with van der Waals surface area (Å²) in [7, 11) is 3.06. The zero-order valence-corrected chi connectivity index (χ0v) is 12.8. The lowest BCUT2D eigenvalue weighted by atomic mass is 10.2. The molecule has 0 saturated heterocycles. The molecule has 22 heavy (non-hydrogen) atoms. The van der Waals surface area contributed by atoms with Gasteiger partial charge in [-0.3, -0.25) is 9.78 Å². The zero-order valence-electron chi connectivity index (χ0n) is 12.8. The average molecular weight is 301 g/mol. The highest BCUT2D eigenvalue weighted by molar-refractivity contribution is 5.82.